The van der Waals surface area contributed by atoms with Gasteiger partial charge in [-0.1, -0.05) is 12.1 Å². The fraction of sp³-hybridized carbons (Fsp3) is 0.500. The summed E-state index contributed by atoms with van der Waals surface area (Å²) in [6, 6.07) is 4.52. The van der Waals surface area contributed by atoms with Gasteiger partial charge < -0.3 is 5.73 Å². The molecule has 1 saturated heterocycles. The van der Waals surface area contributed by atoms with E-state index < -0.39 is 16.4 Å². The van der Waals surface area contributed by atoms with Gasteiger partial charge in [-0.05, 0) is 25.9 Å². The molecule has 0 unspecified atom stereocenters. The molecule has 18 heavy (non-hydrogen) atoms. The van der Waals surface area contributed by atoms with Gasteiger partial charge in [0.05, 0.1) is 4.92 Å². The first kappa shape index (κ1) is 12.9. The molecule has 1 fully saturated rings. The molecule has 1 heterocycles. The minimum atomic E-state index is -0.725. The maximum absolute atomic E-state index is 13.9. The van der Waals surface area contributed by atoms with E-state index in [4.69, 9.17) is 5.73 Å². The van der Waals surface area contributed by atoms with Crippen LogP contribution < -0.4 is 5.73 Å². The fourth-order valence-electron chi connectivity index (χ4n) is 2.18. The van der Waals surface area contributed by atoms with Crippen molar-refractivity contribution in [3.63, 3.8) is 0 Å². The van der Waals surface area contributed by atoms with Crippen molar-refractivity contribution in [3.8, 4) is 0 Å². The molecule has 0 bridgehead atoms. The van der Waals surface area contributed by atoms with Crippen LogP contribution in [0.2, 0.25) is 0 Å². The smallest absolute Gasteiger partial charge is 0.305 e. The number of nitro groups is 1. The Bertz CT molecular complexity index is 445. The number of nitro benzene ring substituents is 1. The summed E-state index contributed by atoms with van der Waals surface area (Å²) < 4.78 is 13.9. The molecule has 6 heteroatoms. The van der Waals surface area contributed by atoms with Gasteiger partial charge in [0.15, 0.2) is 0 Å². The predicted octanol–water partition coefficient (Wildman–Crippen LogP) is 1.66. The number of piperidine rings is 1. The first-order chi connectivity index (χ1) is 8.58. The van der Waals surface area contributed by atoms with E-state index in [1.54, 1.807) is 6.07 Å². The van der Waals surface area contributed by atoms with E-state index in [1.165, 1.54) is 12.1 Å². The summed E-state index contributed by atoms with van der Waals surface area (Å²) >= 11 is 0. The molecule has 0 amide bonds. The van der Waals surface area contributed by atoms with Gasteiger partial charge in [-0.2, -0.15) is 4.39 Å². The number of benzene rings is 1. The maximum atomic E-state index is 13.9. The molecule has 1 aromatic rings. The Morgan fingerprint density at radius 2 is 2.11 bits per heavy atom. The van der Waals surface area contributed by atoms with Crippen LogP contribution in [0.4, 0.5) is 10.1 Å². The fourth-order valence-corrected chi connectivity index (χ4v) is 2.18. The third kappa shape index (κ3) is 2.83. The topological polar surface area (TPSA) is 72.4 Å². The van der Waals surface area contributed by atoms with E-state index in [-0.39, 0.29) is 6.04 Å². The van der Waals surface area contributed by atoms with Crippen LogP contribution in [0.15, 0.2) is 18.2 Å². The lowest BCUT2D eigenvalue weighted by molar-refractivity contribution is -0.387. The highest BCUT2D eigenvalue weighted by molar-refractivity contribution is 5.36. The summed E-state index contributed by atoms with van der Waals surface area (Å²) in [6.45, 7) is 2.02. The molecule has 5 nitrogen and oxygen atoms in total. The van der Waals surface area contributed by atoms with Crippen LogP contribution in [0.3, 0.4) is 0 Å². The van der Waals surface area contributed by atoms with E-state index in [0.29, 0.717) is 12.1 Å². The molecule has 0 radical (unpaired) electrons. The molecule has 0 atom stereocenters. The Balaban J connectivity index is 2.10. The van der Waals surface area contributed by atoms with Crippen molar-refractivity contribution in [2.75, 3.05) is 13.1 Å². The van der Waals surface area contributed by atoms with Crippen LogP contribution in [0.25, 0.3) is 0 Å². The predicted molar refractivity (Wildman–Crippen MR) is 65.5 cm³/mol. The van der Waals surface area contributed by atoms with Gasteiger partial charge in [0.1, 0.15) is 0 Å². The van der Waals surface area contributed by atoms with Crippen LogP contribution in [0, 0.1) is 15.9 Å². The van der Waals surface area contributed by atoms with E-state index in [9.17, 15) is 14.5 Å². The van der Waals surface area contributed by atoms with Crippen molar-refractivity contribution in [1.29, 1.82) is 0 Å². The van der Waals surface area contributed by atoms with Gasteiger partial charge in [0.2, 0.25) is 5.82 Å². The molecule has 1 aromatic carbocycles. The zero-order valence-corrected chi connectivity index (χ0v) is 10.0. The second-order valence-corrected chi connectivity index (χ2v) is 4.62. The van der Waals surface area contributed by atoms with Gasteiger partial charge in [-0.3, -0.25) is 15.0 Å². The van der Waals surface area contributed by atoms with Crippen molar-refractivity contribution < 1.29 is 9.31 Å². The summed E-state index contributed by atoms with van der Waals surface area (Å²) in [6.07, 6.45) is 1.77. The number of rotatable bonds is 3. The van der Waals surface area contributed by atoms with Crippen LogP contribution in [-0.4, -0.2) is 29.0 Å². The lowest BCUT2D eigenvalue weighted by Crippen LogP contribution is -2.39. The number of nitrogens with two attached hydrogens (primary N) is 1. The summed E-state index contributed by atoms with van der Waals surface area (Å²) in [5, 5.41) is 10.6. The molecule has 98 valence electrons. The number of likely N-dealkylation sites (tertiary alicyclic amines) is 1. The van der Waals surface area contributed by atoms with E-state index in [1.807, 2.05) is 0 Å². The largest absolute Gasteiger partial charge is 0.328 e. The van der Waals surface area contributed by atoms with Crippen molar-refractivity contribution in [1.82, 2.24) is 4.90 Å². The Morgan fingerprint density at radius 3 is 2.72 bits per heavy atom. The first-order valence-electron chi connectivity index (χ1n) is 5.97. The number of halogens is 1. The van der Waals surface area contributed by atoms with Gasteiger partial charge in [-0.25, -0.2) is 0 Å². The van der Waals surface area contributed by atoms with Crippen molar-refractivity contribution >= 4 is 5.69 Å². The summed E-state index contributed by atoms with van der Waals surface area (Å²) in [4.78, 5) is 12.0. The summed E-state index contributed by atoms with van der Waals surface area (Å²) in [7, 11) is 0. The molecule has 0 aliphatic carbocycles. The highest BCUT2D eigenvalue weighted by Gasteiger charge is 2.21. The lowest BCUT2D eigenvalue weighted by Gasteiger charge is -2.30. The van der Waals surface area contributed by atoms with Crippen LogP contribution in [-0.2, 0) is 6.54 Å². The number of hydrogen-bond acceptors (Lipinski definition) is 4. The minimum absolute atomic E-state index is 0.219. The van der Waals surface area contributed by atoms with Gasteiger partial charge in [0.25, 0.3) is 0 Å². The second-order valence-electron chi connectivity index (χ2n) is 4.62. The molecule has 2 N–H and O–H groups in total. The summed E-state index contributed by atoms with van der Waals surface area (Å²) in [5.74, 6) is -0.725. The molecule has 0 aromatic heterocycles. The Morgan fingerprint density at radius 1 is 1.44 bits per heavy atom. The zero-order valence-electron chi connectivity index (χ0n) is 10.0. The number of hydrogen-bond donors (Lipinski definition) is 1. The average Bonchev–Trinajstić information content (AvgIpc) is 2.34. The monoisotopic (exact) mass is 253 g/mol. The van der Waals surface area contributed by atoms with Crippen LogP contribution in [0.5, 0.6) is 0 Å². The van der Waals surface area contributed by atoms with Gasteiger partial charge in [-0.15, -0.1) is 0 Å². The quantitative estimate of drug-likeness (QED) is 0.656. The lowest BCUT2D eigenvalue weighted by atomic mass is 10.0. The van der Waals surface area contributed by atoms with E-state index in [2.05, 4.69) is 4.90 Å². The zero-order chi connectivity index (χ0) is 13.1. The average molecular weight is 253 g/mol. The molecular formula is C12H16FN3O2. The third-order valence-electron chi connectivity index (χ3n) is 3.28. The van der Waals surface area contributed by atoms with Gasteiger partial charge in [0, 0.05) is 24.2 Å². The SMILES string of the molecule is NC1CCN(Cc2cccc([N+](=O)[O-])c2F)CC1. The summed E-state index contributed by atoms with van der Waals surface area (Å²) in [5.41, 5.74) is 5.71. The highest BCUT2D eigenvalue weighted by Crippen LogP contribution is 2.22. The molecule has 1 aliphatic heterocycles. The molecule has 0 saturated carbocycles. The Labute approximate surface area is 105 Å². The van der Waals surface area contributed by atoms with Crippen molar-refractivity contribution in [2.45, 2.75) is 25.4 Å². The Hall–Kier alpha value is -1.53. The van der Waals surface area contributed by atoms with Gasteiger partial charge >= 0.3 is 5.69 Å². The first-order valence-corrected chi connectivity index (χ1v) is 5.97. The maximum Gasteiger partial charge on any atom is 0.305 e. The standard InChI is InChI=1S/C12H16FN3O2/c13-12-9(2-1-3-11(12)16(17)18)8-15-6-4-10(14)5-7-15/h1-3,10H,4-8,14H2. The van der Waals surface area contributed by atoms with Crippen molar-refractivity contribution in [3.05, 3.63) is 39.7 Å². The highest BCUT2D eigenvalue weighted by atomic mass is 19.1. The third-order valence-corrected chi connectivity index (χ3v) is 3.28. The minimum Gasteiger partial charge on any atom is -0.328 e. The van der Waals surface area contributed by atoms with Crippen molar-refractivity contribution in [2.24, 2.45) is 5.73 Å². The normalized spacial score (nSPS) is 17.9. The van der Waals surface area contributed by atoms with Crippen LogP contribution >= 0.6 is 0 Å². The van der Waals surface area contributed by atoms with E-state index in [0.717, 1.165) is 25.9 Å². The molecule has 1 aliphatic rings. The van der Waals surface area contributed by atoms with Crippen LogP contribution in [0.1, 0.15) is 18.4 Å². The molecular weight excluding hydrogens is 237 g/mol. The second kappa shape index (κ2) is 5.41. The Kier molecular flexibility index (Phi) is 3.88. The molecule has 0 spiro atoms. The molecule has 2 rings (SSSR count). The van der Waals surface area contributed by atoms with E-state index >= 15 is 0 Å². The number of nitrogens with zero attached hydrogens (tertiary/aromatic N) is 2.